The van der Waals surface area contributed by atoms with Crippen molar-refractivity contribution in [2.24, 2.45) is 5.92 Å². The van der Waals surface area contributed by atoms with Crippen molar-refractivity contribution in [3.8, 4) is 0 Å². The molecule has 2 aromatic carbocycles. The number of hydrogen-bond donors (Lipinski definition) is 0. The quantitative estimate of drug-likeness (QED) is 0.443. The maximum atomic E-state index is 12.6. The molecule has 0 bridgehead atoms. The standard InChI is InChI=1S/C19H20N2O5S/c1-27(25,26)17-9-5-8-16(18(17)21(23)24)20-12-10-15(11-13-20)19(22)14-6-3-2-4-7-14/h2-9,15H,10-13H2,1H3. The molecular formula is C19H20N2O5S. The molecular weight excluding hydrogens is 368 g/mol. The zero-order valence-electron chi connectivity index (χ0n) is 14.9. The highest BCUT2D eigenvalue weighted by Gasteiger charge is 2.32. The van der Waals surface area contributed by atoms with Crippen molar-refractivity contribution in [1.82, 2.24) is 0 Å². The number of para-hydroxylation sites is 1. The number of carbonyl (C=O) groups excluding carboxylic acids is 1. The van der Waals surface area contributed by atoms with E-state index in [4.69, 9.17) is 0 Å². The number of ketones is 1. The Morgan fingerprint density at radius 3 is 2.26 bits per heavy atom. The molecule has 1 heterocycles. The number of carbonyl (C=O) groups is 1. The largest absolute Gasteiger partial charge is 0.366 e. The van der Waals surface area contributed by atoms with Crippen molar-refractivity contribution in [3.63, 3.8) is 0 Å². The molecule has 0 atom stereocenters. The van der Waals surface area contributed by atoms with Crippen molar-refractivity contribution >= 4 is 27.0 Å². The van der Waals surface area contributed by atoms with Crippen LogP contribution in [0.1, 0.15) is 23.2 Å². The van der Waals surface area contributed by atoms with Gasteiger partial charge in [0, 0.05) is 30.8 Å². The van der Waals surface area contributed by atoms with Gasteiger partial charge in [0.1, 0.15) is 10.6 Å². The van der Waals surface area contributed by atoms with Gasteiger partial charge in [0.2, 0.25) is 0 Å². The molecule has 0 aliphatic carbocycles. The van der Waals surface area contributed by atoms with Gasteiger partial charge in [-0.25, -0.2) is 8.42 Å². The second-order valence-corrected chi connectivity index (χ2v) is 8.63. The van der Waals surface area contributed by atoms with Crippen molar-refractivity contribution in [2.45, 2.75) is 17.7 Å². The van der Waals surface area contributed by atoms with Crippen LogP contribution in [0.2, 0.25) is 0 Å². The summed E-state index contributed by atoms with van der Waals surface area (Å²) >= 11 is 0. The molecule has 2 aromatic rings. The summed E-state index contributed by atoms with van der Waals surface area (Å²) in [7, 11) is -3.72. The molecule has 8 heteroatoms. The van der Waals surface area contributed by atoms with E-state index in [1.54, 1.807) is 23.1 Å². The number of rotatable bonds is 5. The van der Waals surface area contributed by atoms with E-state index in [-0.39, 0.29) is 22.3 Å². The third kappa shape index (κ3) is 4.00. The molecule has 142 valence electrons. The Kier molecular flexibility index (Phi) is 5.27. The fourth-order valence-corrected chi connectivity index (χ4v) is 4.33. The first-order valence-corrected chi connectivity index (χ1v) is 10.5. The number of piperidine rings is 1. The maximum Gasteiger partial charge on any atom is 0.311 e. The molecule has 0 spiro atoms. The molecule has 0 amide bonds. The van der Waals surface area contributed by atoms with Crippen LogP contribution in [0.4, 0.5) is 11.4 Å². The predicted molar refractivity (Wildman–Crippen MR) is 102 cm³/mol. The van der Waals surface area contributed by atoms with E-state index in [0.717, 1.165) is 6.26 Å². The molecule has 27 heavy (non-hydrogen) atoms. The van der Waals surface area contributed by atoms with Crippen molar-refractivity contribution < 1.29 is 18.1 Å². The number of anilines is 1. The molecule has 0 unspecified atom stereocenters. The topological polar surface area (TPSA) is 97.6 Å². The Balaban J connectivity index is 1.83. The summed E-state index contributed by atoms with van der Waals surface area (Å²) in [6, 6.07) is 13.4. The van der Waals surface area contributed by atoms with E-state index in [1.165, 1.54) is 12.1 Å². The average molecular weight is 388 g/mol. The van der Waals surface area contributed by atoms with Crippen molar-refractivity contribution in [2.75, 3.05) is 24.2 Å². The Hall–Kier alpha value is -2.74. The molecule has 1 fully saturated rings. The van der Waals surface area contributed by atoms with Crippen LogP contribution in [0.25, 0.3) is 0 Å². The minimum absolute atomic E-state index is 0.0784. The van der Waals surface area contributed by atoms with Crippen LogP contribution in [-0.2, 0) is 9.84 Å². The molecule has 0 aromatic heterocycles. The summed E-state index contributed by atoms with van der Waals surface area (Å²) in [5, 5.41) is 11.5. The number of sulfone groups is 1. The summed E-state index contributed by atoms with van der Waals surface area (Å²) in [6.45, 7) is 0.911. The SMILES string of the molecule is CS(=O)(=O)c1cccc(N2CCC(C(=O)c3ccccc3)CC2)c1[N+](=O)[O-]. The molecule has 0 radical (unpaired) electrons. The second kappa shape index (κ2) is 7.48. The summed E-state index contributed by atoms with van der Waals surface area (Å²) in [5.74, 6) is -0.0598. The first kappa shape index (κ1) is 19.0. The summed E-state index contributed by atoms with van der Waals surface area (Å²) in [5.41, 5.74) is 0.558. The molecule has 0 saturated carbocycles. The van der Waals surface area contributed by atoms with Gasteiger partial charge in [-0.2, -0.15) is 0 Å². The molecule has 1 aliphatic heterocycles. The van der Waals surface area contributed by atoms with Crippen LogP contribution in [0, 0.1) is 16.0 Å². The highest BCUT2D eigenvalue weighted by molar-refractivity contribution is 7.90. The van der Waals surface area contributed by atoms with E-state index >= 15 is 0 Å². The van der Waals surface area contributed by atoms with Gasteiger partial charge < -0.3 is 4.90 Å². The highest BCUT2D eigenvalue weighted by atomic mass is 32.2. The van der Waals surface area contributed by atoms with Gasteiger partial charge in [-0.1, -0.05) is 36.4 Å². The van der Waals surface area contributed by atoms with E-state index in [0.29, 0.717) is 31.5 Å². The van der Waals surface area contributed by atoms with E-state index < -0.39 is 20.4 Å². The number of nitrogens with zero attached hydrogens (tertiary/aromatic N) is 2. The lowest BCUT2D eigenvalue weighted by Gasteiger charge is -2.32. The lowest BCUT2D eigenvalue weighted by molar-refractivity contribution is -0.387. The molecule has 1 aliphatic rings. The predicted octanol–water partition coefficient (Wildman–Crippen LogP) is 3.10. The lowest BCUT2D eigenvalue weighted by atomic mass is 9.88. The second-order valence-electron chi connectivity index (χ2n) is 6.64. The van der Waals surface area contributed by atoms with Crippen LogP contribution in [0.3, 0.4) is 0 Å². The average Bonchev–Trinajstić information content (AvgIpc) is 2.67. The van der Waals surface area contributed by atoms with Gasteiger partial charge in [0.15, 0.2) is 15.6 Å². The number of hydrogen-bond acceptors (Lipinski definition) is 6. The van der Waals surface area contributed by atoms with E-state index in [2.05, 4.69) is 0 Å². The lowest BCUT2D eigenvalue weighted by Crippen LogP contribution is -2.36. The van der Waals surface area contributed by atoms with Gasteiger partial charge in [0.25, 0.3) is 0 Å². The first-order chi connectivity index (χ1) is 12.8. The Labute approximate surface area is 157 Å². The smallest absolute Gasteiger partial charge is 0.311 e. The van der Waals surface area contributed by atoms with Gasteiger partial charge >= 0.3 is 5.69 Å². The zero-order valence-corrected chi connectivity index (χ0v) is 15.7. The highest BCUT2D eigenvalue weighted by Crippen LogP contribution is 2.36. The third-order valence-corrected chi connectivity index (χ3v) is 5.95. The van der Waals surface area contributed by atoms with Crippen LogP contribution in [0.5, 0.6) is 0 Å². The van der Waals surface area contributed by atoms with E-state index in [9.17, 15) is 23.3 Å². The monoisotopic (exact) mass is 388 g/mol. The van der Waals surface area contributed by atoms with Crippen LogP contribution in [-0.4, -0.2) is 38.5 Å². The van der Waals surface area contributed by atoms with Crippen LogP contribution in [0.15, 0.2) is 53.4 Å². The fraction of sp³-hybridized carbons (Fsp3) is 0.316. The zero-order chi connectivity index (χ0) is 19.6. The minimum atomic E-state index is -3.72. The molecule has 3 rings (SSSR count). The van der Waals surface area contributed by atoms with Gasteiger partial charge in [-0.15, -0.1) is 0 Å². The summed E-state index contributed by atoms with van der Waals surface area (Å²) in [6.07, 6.45) is 2.09. The van der Waals surface area contributed by atoms with Crippen molar-refractivity contribution in [1.29, 1.82) is 0 Å². The van der Waals surface area contributed by atoms with Gasteiger partial charge in [-0.05, 0) is 25.0 Å². The molecule has 7 nitrogen and oxygen atoms in total. The Morgan fingerprint density at radius 2 is 1.70 bits per heavy atom. The summed E-state index contributed by atoms with van der Waals surface area (Å²) in [4.78, 5) is 25.0. The third-order valence-electron chi connectivity index (χ3n) is 4.82. The number of Topliss-reactive ketones (excluding diaryl/α,β-unsaturated/α-hetero) is 1. The number of nitro groups is 1. The van der Waals surface area contributed by atoms with Crippen LogP contribution >= 0.6 is 0 Å². The first-order valence-electron chi connectivity index (χ1n) is 8.60. The number of benzene rings is 2. The maximum absolute atomic E-state index is 12.6. The Bertz CT molecular complexity index is 965. The molecule has 0 N–H and O–H groups in total. The number of nitro benzene ring substituents is 1. The summed E-state index contributed by atoms with van der Waals surface area (Å²) < 4.78 is 23.8. The van der Waals surface area contributed by atoms with Crippen molar-refractivity contribution in [3.05, 3.63) is 64.2 Å². The normalized spacial score (nSPS) is 15.5. The van der Waals surface area contributed by atoms with Gasteiger partial charge in [0.05, 0.1) is 4.92 Å². The fourth-order valence-electron chi connectivity index (χ4n) is 3.47. The van der Waals surface area contributed by atoms with Crippen LogP contribution < -0.4 is 4.90 Å². The van der Waals surface area contributed by atoms with Gasteiger partial charge in [-0.3, -0.25) is 14.9 Å². The Morgan fingerprint density at radius 1 is 1.07 bits per heavy atom. The minimum Gasteiger partial charge on any atom is -0.366 e. The van der Waals surface area contributed by atoms with E-state index in [1.807, 2.05) is 18.2 Å². The molecule has 1 saturated heterocycles.